The zero-order chi connectivity index (χ0) is 12.7. The molecular formula is C15H24OSi. The molecule has 17 heavy (non-hydrogen) atoms. The van der Waals surface area contributed by atoms with Crippen molar-refractivity contribution in [3.05, 3.63) is 47.7 Å². The van der Waals surface area contributed by atoms with Gasteiger partial charge < -0.3 is 5.11 Å². The normalized spacial score (nSPS) is 14.1. The van der Waals surface area contributed by atoms with Crippen LogP contribution in [0.1, 0.15) is 30.9 Å². The van der Waals surface area contributed by atoms with Gasteiger partial charge in [0.05, 0.1) is 14.2 Å². The SMILES string of the molecule is C[Si](C)(C)/C=C\CCCC(O)c1ccccc1. The van der Waals surface area contributed by atoms with Crippen LogP contribution < -0.4 is 0 Å². The summed E-state index contributed by atoms with van der Waals surface area (Å²) in [5.74, 6) is 0. The first kappa shape index (κ1) is 14.2. The number of benzene rings is 1. The Balaban J connectivity index is 2.26. The van der Waals surface area contributed by atoms with Crippen LogP contribution in [0.2, 0.25) is 19.6 Å². The number of rotatable bonds is 6. The fraction of sp³-hybridized carbons (Fsp3) is 0.467. The summed E-state index contributed by atoms with van der Waals surface area (Å²) in [5.41, 5.74) is 3.41. The highest BCUT2D eigenvalue weighted by Gasteiger charge is 2.07. The molecule has 94 valence electrons. The van der Waals surface area contributed by atoms with E-state index in [0.717, 1.165) is 24.8 Å². The molecule has 0 heterocycles. The van der Waals surface area contributed by atoms with Gasteiger partial charge in [-0.05, 0) is 24.8 Å². The van der Waals surface area contributed by atoms with E-state index in [1.165, 1.54) is 0 Å². The molecule has 1 aromatic carbocycles. The van der Waals surface area contributed by atoms with Crippen LogP contribution in [0.5, 0.6) is 0 Å². The first-order chi connectivity index (χ1) is 7.99. The molecule has 0 aliphatic rings. The van der Waals surface area contributed by atoms with Crippen LogP contribution in [0.25, 0.3) is 0 Å². The summed E-state index contributed by atoms with van der Waals surface area (Å²) < 4.78 is 0. The minimum absolute atomic E-state index is 0.309. The maximum atomic E-state index is 9.96. The number of aliphatic hydroxyl groups excluding tert-OH is 1. The molecule has 1 nitrogen and oxygen atoms in total. The van der Waals surface area contributed by atoms with E-state index in [-0.39, 0.29) is 6.10 Å². The minimum atomic E-state index is -1.04. The van der Waals surface area contributed by atoms with Gasteiger partial charge >= 0.3 is 0 Å². The summed E-state index contributed by atoms with van der Waals surface area (Å²) in [7, 11) is -1.04. The van der Waals surface area contributed by atoms with Crippen LogP contribution >= 0.6 is 0 Å². The molecule has 1 aromatic rings. The summed E-state index contributed by atoms with van der Waals surface area (Å²) in [6, 6.07) is 9.91. The van der Waals surface area contributed by atoms with Gasteiger partial charge in [-0.3, -0.25) is 0 Å². The van der Waals surface area contributed by atoms with Crippen molar-refractivity contribution in [3.8, 4) is 0 Å². The van der Waals surface area contributed by atoms with Crippen LogP contribution in [0.3, 0.4) is 0 Å². The molecule has 1 N–H and O–H groups in total. The maximum Gasteiger partial charge on any atom is 0.0790 e. The summed E-state index contributed by atoms with van der Waals surface area (Å²) in [4.78, 5) is 0. The molecule has 0 amide bonds. The number of aliphatic hydroxyl groups is 1. The van der Waals surface area contributed by atoms with E-state index < -0.39 is 8.07 Å². The van der Waals surface area contributed by atoms with Crippen LogP contribution in [0, 0.1) is 0 Å². The average molecular weight is 248 g/mol. The monoisotopic (exact) mass is 248 g/mol. The Morgan fingerprint density at radius 1 is 1.18 bits per heavy atom. The van der Waals surface area contributed by atoms with Crippen molar-refractivity contribution in [2.24, 2.45) is 0 Å². The van der Waals surface area contributed by atoms with Crippen LogP contribution in [-0.2, 0) is 0 Å². The third kappa shape index (κ3) is 6.44. The minimum Gasteiger partial charge on any atom is -0.388 e. The first-order valence-corrected chi connectivity index (χ1v) is 9.97. The number of hydrogen-bond donors (Lipinski definition) is 1. The van der Waals surface area contributed by atoms with Gasteiger partial charge in [0.2, 0.25) is 0 Å². The summed E-state index contributed by atoms with van der Waals surface area (Å²) >= 11 is 0. The van der Waals surface area contributed by atoms with E-state index in [2.05, 4.69) is 31.4 Å². The van der Waals surface area contributed by atoms with Crippen molar-refractivity contribution in [1.82, 2.24) is 0 Å². The Hall–Kier alpha value is -0.863. The molecule has 0 fully saturated rings. The van der Waals surface area contributed by atoms with E-state index >= 15 is 0 Å². The van der Waals surface area contributed by atoms with Crippen molar-refractivity contribution < 1.29 is 5.11 Å². The highest BCUT2D eigenvalue weighted by molar-refractivity contribution is 6.80. The van der Waals surface area contributed by atoms with Gasteiger partial charge in [0.25, 0.3) is 0 Å². The lowest BCUT2D eigenvalue weighted by atomic mass is 10.0. The lowest BCUT2D eigenvalue weighted by Crippen LogP contribution is -2.15. The summed E-state index contributed by atoms with van der Waals surface area (Å²) in [5, 5.41) is 9.96. The molecule has 0 spiro atoms. The van der Waals surface area contributed by atoms with Crippen LogP contribution in [0.4, 0.5) is 0 Å². The largest absolute Gasteiger partial charge is 0.388 e. The zero-order valence-electron chi connectivity index (χ0n) is 11.2. The molecule has 0 aromatic heterocycles. The maximum absolute atomic E-state index is 9.96. The van der Waals surface area contributed by atoms with Crippen molar-refractivity contribution in [2.45, 2.75) is 45.0 Å². The van der Waals surface area contributed by atoms with Gasteiger partial charge in [0.15, 0.2) is 0 Å². The number of allylic oxidation sites excluding steroid dienone is 1. The fourth-order valence-electron chi connectivity index (χ4n) is 1.71. The van der Waals surface area contributed by atoms with Crippen molar-refractivity contribution in [1.29, 1.82) is 0 Å². The molecule has 0 bridgehead atoms. The fourth-order valence-corrected chi connectivity index (χ4v) is 2.58. The summed E-state index contributed by atoms with van der Waals surface area (Å²) in [6.45, 7) is 7.01. The molecule has 0 saturated carbocycles. The second kappa shape index (κ2) is 6.77. The van der Waals surface area contributed by atoms with Crippen molar-refractivity contribution >= 4 is 8.07 Å². The molecule has 1 unspecified atom stereocenters. The predicted molar refractivity (Wildman–Crippen MR) is 77.7 cm³/mol. The molecule has 0 radical (unpaired) electrons. The number of hydrogen-bond acceptors (Lipinski definition) is 1. The molecule has 2 heteroatoms. The predicted octanol–water partition coefficient (Wildman–Crippen LogP) is 4.32. The zero-order valence-corrected chi connectivity index (χ0v) is 12.2. The third-order valence-electron chi connectivity index (χ3n) is 2.65. The van der Waals surface area contributed by atoms with Gasteiger partial charge in [-0.2, -0.15) is 0 Å². The van der Waals surface area contributed by atoms with Gasteiger partial charge in [-0.1, -0.05) is 61.7 Å². The lowest BCUT2D eigenvalue weighted by Gasteiger charge is -2.10. The molecule has 0 saturated heterocycles. The van der Waals surface area contributed by atoms with E-state index in [0.29, 0.717) is 0 Å². The van der Waals surface area contributed by atoms with Gasteiger partial charge in [-0.15, -0.1) is 0 Å². The highest BCUT2D eigenvalue weighted by Crippen LogP contribution is 2.18. The molecule has 0 aliphatic carbocycles. The highest BCUT2D eigenvalue weighted by atomic mass is 28.3. The third-order valence-corrected chi connectivity index (χ3v) is 3.89. The Bertz CT molecular complexity index is 338. The standard InChI is InChI=1S/C15H24OSi/c1-17(2,3)13-9-5-8-12-15(16)14-10-6-4-7-11-14/h4,6-7,9-11,13,15-16H,5,8,12H2,1-3H3/b13-9-. The second-order valence-corrected chi connectivity index (χ2v) is 10.7. The second-order valence-electron chi connectivity index (χ2n) is 5.63. The first-order valence-electron chi connectivity index (χ1n) is 6.40. The van der Waals surface area contributed by atoms with Crippen LogP contribution in [-0.4, -0.2) is 13.2 Å². The Morgan fingerprint density at radius 3 is 2.41 bits per heavy atom. The molecular weight excluding hydrogens is 224 g/mol. The van der Waals surface area contributed by atoms with Crippen LogP contribution in [0.15, 0.2) is 42.1 Å². The summed E-state index contributed by atoms with van der Waals surface area (Å²) in [6.07, 6.45) is 4.95. The smallest absolute Gasteiger partial charge is 0.0790 e. The Labute approximate surface area is 106 Å². The van der Waals surface area contributed by atoms with E-state index in [1.807, 2.05) is 30.3 Å². The van der Waals surface area contributed by atoms with Gasteiger partial charge in [0, 0.05) is 0 Å². The lowest BCUT2D eigenvalue weighted by molar-refractivity contribution is 0.165. The Kier molecular flexibility index (Phi) is 5.66. The topological polar surface area (TPSA) is 20.2 Å². The van der Waals surface area contributed by atoms with E-state index in [1.54, 1.807) is 0 Å². The van der Waals surface area contributed by atoms with E-state index in [4.69, 9.17) is 0 Å². The van der Waals surface area contributed by atoms with Crippen molar-refractivity contribution in [2.75, 3.05) is 0 Å². The molecule has 1 atom stereocenters. The van der Waals surface area contributed by atoms with Crippen molar-refractivity contribution in [3.63, 3.8) is 0 Å². The quantitative estimate of drug-likeness (QED) is 0.587. The molecule has 0 aliphatic heterocycles. The number of unbranched alkanes of at least 4 members (excludes halogenated alkanes) is 1. The van der Waals surface area contributed by atoms with E-state index in [9.17, 15) is 5.11 Å². The Morgan fingerprint density at radius 2 is 1.82 bits per heavy atom. The van der Waals surface area contributed by atoms with Gasteiger partial charge in [-0.25, -0.2) is 0 Å². The van der Waals surface area contributed by atoms with Gasteiger partial charge in [0.1, 0.15) is 0 Å². The molecule has 1 rings (SSSR count). The average Bonchev–Trinajstić information content (AvgIpc) is 2.28.